The zero-order valence-electron chi connectivity index (χ0n) is 14.1. The number of benzene rings is 1. The van der Waals surface area contributed by atoms with Gasteiger partial charge in [0.1, 0.15) is 5.69 Å². The largest absolute Gasteiger partial charge is 0.375 e. The number of halogens is 1. The molecular formula is C20H15BrN2O3S. The standard InChI is InChI=1S/C20H15BrN2O3S/c21-13-6-7-17-15(10-13)20(26,11-18(24)16-5-1-2-8-22-16)19(25)23(17)12-14-4-3-9-27-14/h1-10,26H,11-12H2/t20-/m0/s1. The molecule has 4 rings (SSSR count). The Kier molecular flexibility index (Phi) is 4.67. The number of amides is 1. The van der Waals surface area contributed by atoms with Gasteiger partial charge in [-0.15, -0.1) is 11.3 Å². The van der Waals surface area contributed by atoms with Crippen molar-refractivity contribution in [1.82, 2.24) is 4.98 Å². The zero-order chi connectivity index (χ0) is 19.0. The van der Waals surface area contributed by atoms with E-state index in [2.05, 4.69) is 20.9 Å². The van der Waals surface area contributed by atoms with Gasteiger partial charge in [-0.2, -0.15) is 0 Å². The van der Waals surface area contributed by atoms with E-state index in [1.165, 1.54) is 17.5 Å². The molecule has 1 N–H and O–H groups in total. The monoisotopic (exact) mass is 442 g/mol. The van der Waals surface area contributed by atoms with Crippen LogP contribution in [0.4, 0.5) is 5.69 Å². The number of rotatable bonds is 5. The van der Waals surface area contributed by atoms with Crippen molar-refractivity contribution >= 4 is 44.6 Å². The summed E-state index contributed by atoms with van der Waals surface area (Å²) in [5.41, 5.74) is -0.632. The van der Waals surface area contributed by atoms with Gasteiger partial charge in [0.2, 0.25) is 0 Å². The van der Waals surface area contributed by atoms with Crippen molar-refractivity contribution in [2.45, 2.75) is 18.6 Å². The van der Waals surface area contributed by atoms with E-state index in [1.54, 1.807) is 35.2 Å². The fourth-order valence-electron chi connectivity index (χ4n) is 3.26. The second kappa shape index (κ2) is 6.99. The maximum Gasteiger partial charge on any atom is 0.264 e. The maximum atomic E-state index is 13.2. The Hall–Kier alpha value is -2.35. The van der Waals surface area contributed by atoms with E-state index in [0.29, 0.717) is 17.8 Å². The highest BCUT2D eigenvalue weighted by atomic mass is 79.9. The molecule has 0 saturated heterocycles. The molecule has 1 amide bonds. The zero-order valence-corrected chi connectivity index (χ0v) is 16.5. The number of hydrogen-bond donors (Lipinski definition) is 1. The Morgan fingerprint density at radius 1 is 1.22 bits per heavy atom. The molecule has 0 bridgehead atoms. The lowest BCUT2D eigenvalue weighted by Gasteiger charge is -2.22. The number of aromatic nitrogens is 1. The van der Waals surface area contributed by atoms with Crippen LogP contribution in [0.1, 0.15) is 27.3 Å². The highest BCUT2D eigenvalue weighted by Gasteiger charge is 2.51. The molecule has 0 aliphatic carbocycles. The van der Waals surface area contributed by atoms with Crippen molar-refractivity contribution in [1.29, 1.82) is 0 Å². The van der Waals surface area contributed by atoms with Crippen molar-refractivity contribution in [3.63, 3.8) is 0 Å². The number of nitrogens with zero attached hydrogens (tertiary/aromatic N) is 2. The molecule has 0 radical (unpaired) electrons. The van der Waals surface area contributed by atoms with Crippen molar-refractivity contribution in [2.75, 3.05) is 4.90 Å². The third kappa shape index (κ3) is 3.22. The molecule has 5 nitrogen and oxygen atoms in total. The first-order valence-electron chi connectivity index (χ1n) is 8.30. The molecule has 136 valence electrons. The summed E-state index contributed by atoms with van der Waals surface area (Å²) >= 11 is 4.93. The van der Waals surface area contributed by atoms with Gasteiger partial charge in [0, 0.05) is 21.1 Å². The molecule has 0 fully saturated rings. The van der Waals surface area contributed by atoms with Crippen molar-refractivity contribution < 1.29 is 14.7 Å². The molecule has 0 spiro atoms. The molecule has 1 atom stereocenters. The van der Waals surface area contributed by atoms with Gasteiger partial charge in [-0.25, -0.2) is 0 Å². The Bertz CT molecular complexity index is 1010. The predicted octanol–water partition coefficient (Wildman–Crippen LogP) is 3.91. The number of thiophene rings is 1. The minimum Gasteiger partial charge on any atom is -0.375 e. The second-order valence-electron chi connectivity index (χ2n) is 6.31. The number of carbonyl (C=O) groups excluding carboxylic acids is 2. The molecule has 3 heterocycles. The highest BCUT2D eigenvalue weighted by molar-refractivity contribution is 9.10. The van der Waals surface area contributed by atoms with E-state index in [1.807, 2.05) is 23.6 Å². The Morgan fingerprint density at radius 2 is 2.07 bits per heavy atom. The summed E-state index contributed by atoms with van der Waals surface area (Å²) in [6, 6.07) is 14.2. The fourth-order valence-corrected chi connectivity index (χ4v) is 4.31. The summed E-state index contributed by atoms with van der Waals surface area (Å²) < 4.78 is 0.732. The summed E-state index contributed by atoms with van der Waals surface area (Å²) in [4.78, 5) is 32.4. The Balaban J connectivity index is 1.73. The Labute approximate surface area is 168 Å². The van der Waals surface area contributed by atoms with Gasteiger partial charge in [0.25, 0.3) is 5.91 Å². The van der Waals surface area contributed by atoms with E-state index >= 15 is 0 Å². The van der Waals surface area contributed by atoms with Crippen LogP contribution in [-0.4, -0.2) is 21.8 Å². The van der Waals surface area contributed by atoms with Gasteiger partial charge in [0.05, 0.1) is 18.7 Å². The van der Waals surface area contributed by atoms with E-state index < -0.39 is 11.5 Å². The van der Waals surface area contributed by atoms with Crippen molar-refractivity contribution in [2.24, 2.45) is 0 Å². The van der Waals surface area contributed by atoms with Gasteiger partial charge in [0.15, 0.2) is 11.4 Å². The molecule has 1 aromatic carbocycles. The van der Waals surface area contributed by atoms with Crippen LogP contribution in [0.5, 0.6) is 0 Å². The molecule has 7 heteroatoms. The third-order valence-corrected chi connectivity index (χ3v) is 5.91. The topological polar surface area (TPSA) is 70.5 Å². The summed E-state index contributed by atoms with van der Waals surface area (Å²) in [6.07, 6.45) is 1.16. The molecule has 1 aliphatic rings. The van der Waals surface area contributed by atoms with Crippen LogP contribution >= 0.6 is 27.3 Å². The molecule has 0 unspecified atom stereocenters. The number of aliphatic hydroxyl groups is 1. The number of fused-ring (bicyclic) bond motifs is 1. The SMILES string of the molecule is O=C(C[C@@]1(O)C(=O)N(Cc2cccs2)c2ccc(Br)cc21)c1ccccn1. The number of hydrogen-bond acceptors (Lipinski definition) is 5. The Morgan fingerprint density at radius 3 is 2.78 bits per heavy atom. The van der Waals surface area contributed by atoms with Gasteiger partial charge in [-0.3, -0.25) is 14.6 Å². The normalized spacial score (nSPS) is 18.6. The van der Waals surface area contributed by atoms with Crippen molar-refractivity contribution in [3.8, 4) is 0 Å². The molecular weight excluding hydrogens is 428 g/mol. The average molecular weight is 443 g/mol. The van der Waals surface area contributed by atoms with E-state index in [-0.39, 0.29) is 17.9 Å². The number of carbonyl (C=O) groups is 2. The minimum atomic E-state index is -1.91. The van der Waals surface area contributed by atoms with E-state index in [0.717, 1.165) is 9.35 Å². The third-order valence-electron chi connectivity index (χ3n) is 4.55. The molecule has 27 heavy (non-hydrogen) atoms. The molecule has 2 aromatic heterocycles. The van der Waals surface area contributed by atoms with Crippen LogP contribution in [0.25, 0.3) is 0 Å². The van der Waals surface area contributed by atoms with Crippen LogP contribution in [0, 0.1) is 0 Å². The number of ketones is 1. The maximum absolute atomic E-state index is 13.2. The van der Waals surface area contributed by atoms with E-state index in [4.69, 9.17) is 0 Å². The molecule has 0 saturated carbocycles. The quantitative estimate of drug-likeness (QED) is 0.607. The summed E-state index contributed by atoms with van der Waals surface area (Å²) in [7, 11) is 0. The average Bonchev–Trinajstić information content (AvgIpc) is 3.25. The molecule has 1 aliphatic heterocycles. The minimum absolute atomic E-state index is 0.229. The first kappa shape index (κ1) is 18.0. The number of Topliss-reactive ketones (excluding diaryl/α,β-unsaturated/α-hetero) is 1. The summed E-state index contributed by atoms with van der Waals surface area (Å²) in [5, 5.41) is 13.2. The lowest BCUT2D eigenvalue weighted by atomic mass is 9.89. The lowest BCUT2D eigenvalue weighted by Crippen LogP contribution is -2.41. The van der Waals surface area contributed by atoms with Gasteiger partial charge in [-0.05, 0) is 41.8 Å². The highest BCUT2D eigenvalue weighted by Crippen LogP contribution is 2.44. The van der Waals surface area contributed by atoms with Crippen LogP contribution in [0.3, 0.4) is 0 Å². The van der Waals surface area contributed by atoms with Gasteiger partial charge < -0.3 is 10.0 Å². The van der Waals surface area contributed by atoms with E-state index in [9.17, 15) is 14.7 Å². The van der Waals surface area contributed by atoms with Crippen molar-refractivity contribution in [3.05, 3.63) is 80.7 Å². The fraction of sp³-hybridized carbons (Fsp3) is 0.150. The van der Waals surface area contributed by atoms with Crippen LogP contribution < -0.4 is 4.90 Å². The lowest BCUT2D eigenvalue weighted by molar-refractivity contribution is -0.136. The van der Waals surface area contributed by atoms with Crippen LogP contribution in [-0.2, 0) is 16.9 Å². The summed E-state index contributed by atoms with van der Waals surface area (Å²) in [5.74, 6) is -0.872. The van der Waals surface area contributed by atoms with Crippen LogP contribution in [0.15, 0.2) is 64.6 Å². The first-order valence-corrected chi connectivity index (χ1v) is 9.97. The molecule has 3 aromatic rings. The number of anilines is 1. The number of pyridine rings is 1. The van der Waals surface area contributed by atoms with Gasteiger partial charge in [-0.1, -0.05) is 28.1 Å². The van der Waals surface area contributed by atoms with Gasteiger partial charge >= 0.3 is 0 Å². The smallest absolute Gasteiger partial charge is 0.264 e. The first-order chi connectivity index (χ1) is 13.0. The van der Waals surface area contributed by atoms with Crippen LogP contribution in [0.2, 0.25) is 0 Å². The summed E-state index contributed by atoms with van der Waals surface area (Å²) in [6.45, 7) is 0.352. The second-order valence-corrected chi connectivity index (χ2v) is 8.26. The predicted molar refractivity (Wildman–Crippen MR) is 107 cm³/mol.